The number of imidazole rings is 1. The zero-order valence-electron chi connectivity index (χ0n) is 15.3. The smallest absolute Gasteiger partial charge is 0.237 e. The number of aromatic nitrogens is 4. The monoisotopic (exact) mass is 382 g/mol. The van der Waals surface area contributed by atoms with Gasteiger partial charge in [0.1, 0.15) is 12.4 Å². The summed E-state index contributed by atoms with van der Waals surface area (Å²) in [5.41, 5.74) is 2.20. The van der Waals surface area contributed by atoms with Crippen molar-refractivity contribution < 1.29 is 9.84 Å². The zero-order chi connectivity index (χ0) is 18.8. The van der Waals surface area contributed by atoms with E-state index in [0.29, 0.717) is 5.75 Å². The van der Waals surface area contributed by atoms with Crippen molar-refractivity contribution in [3.63, 3.8) is 0 Å². The topological polar surface area (TPSA) is 64.6 Å². The SMILES string of the molecule is CC(C)n1c2ccccc2n2c(SCC(O)COc3ccccc3)nnc12. The van der Waals surface area contributed by atoms with Gasteiger partial charge in [-0.1, -0.05) is 42.1 Å². The van der Waals surface area contributed by atoms with Gasteiger partial charge in [0.2, 0.25) is 5.78 Å². The van der Waals surface area contributed by atoms with Gasteiger partial charge in [-0.25, -0.2) is 0 Å². The Bertz CT molecular complexity index is 1040. The highest BCUT2D eigenvalue weighted by Crippen LogP contribution is 2.28. The summed E-state index contributed by atoms with van der Waals surface area (Å²) in [6.07, 6.45) is -0.596. The molecule has 27 heavy (non-hydrogen) atoms. The van der Waals surface area contributed by atoms with Gasteiger partial charge in [0.15, 0.2) is 5.16 Å². The third kappa shape index (κ3) is 3.52. The first-order valence-electron chi connectivity index (χ1n) is 8.98. The van der Waals surface area contributed by atoms with Gasteiger partial charge in [-0.05, 0) is 38.1 Å². The molecule has 0 saturated carbocycles. The first-order valence-corrected chi connectivity index (χ1v) is 9.96. The Labute approximate surface area is 161 Å². The number of rotatable bonds is 7. The fraction of sp³-hybridized carbons (Fsp3) is 0.300. The predicted octanol–water partition coefficient (Wildman–Crippen LogP) is 3.80. The lowest BCUT2D eigenvalue weighted by Crippen LogP contribution is -2.20. The summed E-state index contributed by atoms with van der Waals surface area (Å²) in [5.74, 6) is 2.06. The standard InChI is InChI=1S/C20H22N4O2S/c1-14(2)23-17-10-6-7-11-18(17)24-19(23)21-22-20(24)27-13-15(25)12-26-16-8-4-3-5-9-16/h3-11,14-15,25H,12-13H2,1-2H3. The maximum absolute atomic E-state index is 10.3. The van der Waals surface area contributed by atoms with Crippen LogP contribution >= 0.6 is 11.8 Å². The number of ether oxygens (including phenoxy) is 1. The van der Waals surface area contributed by atoms with Crippen LogP contribution in [0.5, 0.6) is 5.75 Å². The minimum absolute atomic E-state index is 0.243. The Kier molecular flexibility index (Phi) is 5.05. The average molecular weight is 382 g/mol. The van der Waals surface area contributed by atoms with E-state index in [9.17, 15) is 5.11 Å². The molecule has 2 aromatic carbocycles. The summed E-state index contributed by atoms with van der Waals surface area (Å²) in [7, 11) is 0. The van der Waals surface area contributed by atoms with Crippen molar-refractivity contribution in [1.82, 2.24) is 19.2 Å². The molecule has 1 unspecified atom stereocenters. The molecule has 0 amide bonds. The number of aliphatic hydroxyl groups excluding tert-OH is 1. The van der Waals surface area contributed by atoms with Gasteiger partial charge in [-0.15, -0.1) is 10.2 Å². The van der Waals surface area contributed by atoms with Gasteiger partial charge in [-0.3, -0.25) is 4.40 Å². The number of aliphatic hydroxyl groups is 1. The Morgan fingerprint density at radius 2 is 1.70 bits per heavy atom. The van der Waals surface area contributed by atoms with Crippen molar-refractivity contribution in [3.8, 4) is 5.75 Å². The fourth-order valence-corrected chi connectivity index (χ4v) is 3.97. The second-order valence-electron chi connectivity index (χ2n) is 6.66. The molecule has 0 saturated heterocycles. The van der Waals surface area contributed by atoms with E-state index < -0.39 is 6.10 Å². The molecule has 4 aromatic rings. The maximum Gasteiger partial charge on any atom is 0.237 e. The molecule has 4 rings (SSSR count). The van der Waals surface area contributed by atoms with Crippen LogP contribution in [-0.4, -0.2) is 42.7 Å². The quantitative estimate of drug-likeness (QED) is 0.493. The van der Waals surface area contributed by atoms with Crippen LogP contribution in [0.2, 0.25) is 0 Å². The van der Waals surface area contributed by atoms with E-state index >= 15 is 0 Å². The normalized spacial score (nSPS) is 12.9. The molecule has 7 heteroatoms. The predicted molar refractivity (Wildman–Crippen MR) is 108 cm³/mol. The number of para-hydroxylation sites is 3. The second kappa shape index (κ2) is 7.62. The van der Waals surface area contributed by atoms with E-state index in [0.717, 1.165) is 27.7 Å². The fourth-order valence-electron chi connectivity index (χ4n) is 3.12. The number of hydrogen-bond donors (Lipinski definition) is 1. The third-order valence-electron chi connectivity index (χ3n) is 4.32. The largest absolute Gasteiger partial charge is 0.491 e. The van der Waals surface area contributed by atoms with Crippen LogP contribution in [0.15, 0.2) is 59.8 Å². The molecular formula is C20H22N4O2S. The molecule has 140 valence electrons. The number of thioether (sulfide) groups is 1. The summed E-state index contributed by atoms with van der Waals surface area (Å²) >= 11 is 1.49. The number of hydrogen-bond acceptors (Lipinski definition) is 5. The van der Waals surface area contributed by atoms with Crippen LogP contribution in [0.1, 0.15) is 19.9 Å². The van der Waals surface area contributed by atoms with Crippen LogP contribution in [0, 0.1) is 0 Å². The van der Waals surface area contributed by atoms with Gasteiger partial charge in [0.05, 0.1) is 17.1 Å². The Hall–Kier alpha value is -2.51. The molecular weight excluding hydrogens is 360 g/mol. The number of benzene rings is 2. The molecule has 2 heterocycles. The molecule has 1 N–H and O–H groups in total. The molecule has 0 aliphatic heterocycles. The van der Waals surface area contributed by atoms with Crippen LogP contribution in [0.4, 0.5) is 0 Å². The van der Waals surface area contributed by atoms with Gasteiger partial charge >= 0.3 is 0 Å². The lowest BCUT2D eigenvalue weighted by atomic mass is 10.3. The van der Waals surface area contributed by atoms with Crippen molar-refractivity contribution >= 4 is 28.6 Å². The Morgan fingerprint density at radius 3 is 2.44 bits per heavy atom. The first kappa shape index (κ1) is 17.9. The molecule has 2 aromatic heterocycles. The highest BCUT2D eigenvalue weighted by molar-refractivity contribution is 7.99. The van der Waals surface area contributed by atoms with E-state index in [1.54, 1.807) is 0 Å². The molecule has 0 radical (unpaired) electrons. The highest BCUT2D eigenvalue weighted by Gasteiger charge is 2.19. The molecule has 0 fully saturated rings. The Morgan fingerprint density at radius 1 is 1.00 bits per heavy atom. The van der Waals surface area contributed by atoms with Gasteiger partial charge in [0, 0.05) is 11.8 Å². The average Bonchev–Trinajstić information content (AvgIpc) is 3.23. The van der Waals surface area contributed by atoms with Crippen LogP contribution < -0.4 is 4.74 Å². The van der Waals surface area contributed by atoms with E-state index in [-0.39, 0.29) is 12.6 Å². The molecule has 0 spiro atoms. The Balaban J connectivity index is 1.52. The summed E-state index contributed by atoms with van der Waals surface area (Å²) < 4.78 is 9.86. The number of fused-ring (bicyclic) bond motifs is 3. The van der Waals surface area contributed by atoms with E-state index in [2.05, 4.69) is 45.1 Å². The summed E-state index contributed by atoms with van der Waals surface area (Å²) in [5, 5.41) is 19.8. The third-order valence-corrected chi connectivity index (χ3v) is 5.39. The van der Waals surface area contributed by atoms with Crippen molar-refractivity contribution in [2.75, 3.05) is 12.4 Å². The summed E-state index contributed by atoms with van der Waals surface area (Å²) in [4.78, 5) is 0. The lowest BCUT2D eigenvalue weighted by Gasteiger charge is -2.11. The van der Waals surface area contributed by atoms with Gasteiger partial charge in [0.25, 0.3) is 0 Å². The van der Waals surface area contributed by atoms with E-state index in [4.69, 9.17) is 4.74 Å². The van der Waals surface area contributed by atoms with Crippen LogP contribution in [0.3, 0.4) is 0 Å². The molecule has 6 nitrogen and oxygen atoms in total. The van der Waals surface area contributed by atoms with Crippen molar-refractivity contribution in [2.24, 2.45) is 0 Å². The van der Waals surface area contributed by atoms with Crippen LogP contribution in [-0.2, 0) is 0 Å². The minimum atomic E-state index is -0.596. The van der Waals surface area contributed by atoms with E-state index in [1.807, 2.05) is 42.5 Å². The summed E-state index contributed by atoms with van der Waals surface area (Å²) in [6, 6.07) is 18.0. The van der Waals surface area contributed by atoms with Crippen molar-refractivity contribution in [2.45, 2.75) is 31.1 Å². The van der Waals surface area contributed by atoms with Crippen LogP contribution in [0.25, 0.3) is 16.8 Å². The minimum Gasteiger partial charge on any atom is -0.491 e. The lowest BCUT2D eigenvalue weighted by molar-refractivity contribution is 0.126. The van der Waals surface area contributed by atoms with Crippen molar-refractivity contribution in [3.05, 3.63) is 54.6 Å². The second-order valence-corrected chi connectivity index (χ2v) is 7.65. The van der Waals surface area contributed by atoms with E-state index in [1.165, 1.54) is 11.8 Å². The highest BCUT2D eigenvalue weighted by atomic mass is 32.2. The first-order chi connectivity index (χ1) is 13.1. The van der Waals surface area contributed by atoms with Gasteiger partial charge in [-0.2, -0.15) is 0 Å². The molecule has 0 aliphatic rings. The number of nitrogens with zero attached hydrogens (tertiary/aromatic N) is 4. The van der Waals surface area contributed by atoms with Crippen molar-refractivity contribution in [1.29, 1.82) is 0 Å². The molecule has 0 bridgehead atoms. The summed E-state index contributed by atoms with van der Waals surface area (Å²) in [6.45, 7) is 4.52. The van der Waals surface area contributed by atoms with Gasteiger partial charge < -0.3 is 14.4 Å². The molecule has 1 atom stereocenters. The molecule has 0 aliphatic carbocycles. The maximum atomic E-state index is 10.3. The zero-order valence-corrected chi connectivity index (χ0v) is 16.1.